The molecule has 0 aliphatic rings. The zero-order valence-electron chi connectivity index (χ0n) is 11.2. The molecule has 0 spiro atoms. The standard InChI is InChI=1S/C15H18N2O3/c1-2-3-4-15(19)17-14-7-5-13(6-8-14)9-12-20-16-10-11-18/h1,5-8,10,18H,3-4,9,11-12H2,(H,17,19)/b16-10-. The molecule has 1 amide bonds. The predicted octanol–water partition coefficient (Wildman–Crippen LogP) is 1.58. The highest BCUT2D eigenvalue weighted by molar-refractivity contribution is 5.90. The average Bonchev–Trinajstić information content (AvgIpc) is 2.46. The molecule has 0 aliphatic carbocycles. The number of carbonyl (C=O) groups excluding carboxylic acids is 1. The maximum atomic E-state index is 11.5. The van der Waals surface area contributed by atoms with Crippen molar-refractivity contribution in [2.45, 2.75) is 19.3 Å². The molecule has 0 aromatic heterocycles. The molecule has 1 rings (SSSR count). The normalized spacial score (nSPS) is 10.2. The van der Waals surface area contributed by atoms with Crippen LogP contribution in [0.4, 0.5) is 5.69 Å². The molecule has 2 N–H and O–H groups in total. The predicted molar refractivity (Wildman–Crippen MR) is 78.4 cm³/mol. The molecule has 20 heavy (non-hydrogen) atoms. The largest absolute Gasteiger partial charge is 0.396 e. The summed E-state index contributed by atoms with van der Waals surface area (Å²) in [6.45, 7) is 0.304. The fourth-order valence-corrected chi connectivity index (χ4v) is 1.47. The first-order chi connectivity index (χ1) is 9.76. The van der Waals surface area contributed by atoms with Crippen molar-refractivity contribution in [1.82, 2.24) is 0 Å². The van der Waals surface area contributed by atoms with Crippen LogP contribution in [0, 0.1) is 12.3 Å². The van der Waals surface area contributed by atoms with Gasteiger partial charge in [0.1, 0.15) is 6.61 Å². The van der Waals surface area contributed by atoms with Crippen LogP contribution in [0.2, 0.25) is 0 Å². The molecule has 1 aromatic rings. The van der Waals surface area contributed by atoms with Crippen molar-refractivity contribution in [3.63, 3.8) is 0 Å². The zero-order valence-corrected chi connectivity index (χ0v) is 11.2. The third-order valence-corrected chi connectivity index (χ3v) is 2.45. The van der Waals surface area contributed by atoms with Gasteiger partial charge in [-0.05, 0) is 17.7 Å². The number of aliphatic hydroxyl groups is 1. The van der Waals surface area contributed by atoms with E-state index in [0.717, 1.165) is 11.3 Å². The van der Waals surface area contributed by atoms with E-state index in [0.29, 0.717) is 25.9 Å². The summed E-state index contributed by atoms with van der Waals surface area (Å²) < 4.78 is 0. The first kappa shape index (κ1) is 15.7. The Morgan fingerprint density at radius 3 is 2.85 bits per heavy atom. The second kappa shape index (κ2) is 9.59. The number of amides is 1. The van der Waals surface area contributed by atoms with Crippen LogP contribution in [-0.2, 0) is 16.1 Å². The van der Waals surface area contributed by atoms with Crippen LogP contribution in [0.3, 0.4) is 0 Å². The van der Waals surface area contributed by atoms with Crippen LogP contribution in [-0.4, -0.2) is 30.4 Å². The third kappa shape index (κ3) is 6.57. The summed E-state index contributed by atoms with van der Waals surface area (Å²) in [5.41, 5.74) is 1.82. The Labute approximate surface area is 118 Å². The topological polar surface area (TPSA) is 70.9 Å². The molecule has 0 atom stereocenters. The highest BCUT2D eigenvalue weighted by Crippen LogP contribution is 2.10. The number of oxime groups is 1. The number of anilines is 1. The number of carbonyl (C=O) groups is 1. The van der Waals surface area contributed by atoms with Gasteiger partial charge >= 0.3 is 0 Å². The number of terminal acetylenes is 1. The molecule has 5 nitrogen and oxygen atoms in total. The van der Waals surface area contributed by atoms with E-state index in [1.54, 1.807) is 0 Å². The van der Waals surface area contributed by atoms with Crippen LogP contribution in [0.15, 0.2) is 29.4 Å². The van der Waals surface area contributed by atoms with Gasteiger partial charge in [-0.3, -0.25) is 4.79 Å². The molecule has 0 unspecified atom stereocenters. The van der Waals surface area contributed by atoms with E-state index in [9.17, 15) is 4.79 Å². The first-order valence-corrected chi connectivity index (χ1v) is 6.33. The third-order valence-electron chi connectivity index (χ3n) is 2.45. The van der Waals surface area contributed by atoms with Gasteiger partial charge in [0.05, 0.1) is 12.8 Å². The Morgan fingerprint density at radius 1 is 1.45 bits per heavy atom. The number of nitrogens with zero attached hydrogens (tertiary/aromatic N) is 1. The number of hydrogen-bond donors (Lipinski definition) is 2. The number of hydrogen-bond acceptors (Lipinski definition) is 4. The van der Waals surface area contributed by atoms with Crippen LogP contribution in [0.1, 0.15) is 18.4 Å². The van der Waals surface area contributed by atoms with Crippen LogP contribution in [0.25, 0.3) is 0 Å². The molecule has 0 radical (unpaired) electrons. The molecule has 0 aliphatic heterocycles. The summed E-state index contributed by atoms with van der Waals surface area (Å²) >= 11 is 0. The number of rotatable bonds is 8. The molecule has 5 heteroatoms. The van der Waals surface area contributed by atoms with Crippen LogP contribution >= 0.6 is 0 Å². The lowest BCUT2D eigenvalue weighted by atomic mass is 10.1. The van der Waals surface area contributed by atoms with Crippen molar-refractivity contribution < 1.29 is 14.7 Å². The van der Waals surface area contributed by atoms with Gasteiger partial charge in [-0.25, -0.2) is 0 Å². The Kier molecular flexibility index (Phi) is 7.55. The molecular formula is C15H18N2O3. The van der Waals surface area contributed by atoms with Gasteiger partial charge in [-0.15, -0.1) is 12.3 Å². The molecule has 0 heterocycles. The summed E-state index contributed by atoms with van der Waals surface area (Å²) in [6, 6.07) is 7.49. The molecule has 0 fully saturated rings. The van der Waals surface area contributed by atoms with Crippen LogP contribution < -0.4 is 5.32 Å². The fourth-order valence-electron chi connectivity index (χ4n) is 1.47. The summed E-state index contributed by atoms with van der Waals surface area (Å²) in [5.74, 6) is 2.34. The lowest BCUT2D eigenvalue weighted by molar-refractivity contribution is -0.116. The highest BCUT2D eigenvalue weighted by atomic mass is 16.6. The van der Waals surface area contributed by atoms with Crippen LogP contribution in [0.5, 0.6) is 0 Å². The van der Waals surface area contributed by atoms with Crippen molar-refractivity contribution in [2.24, 2.45) is 5.16 Å². The number of nitrogens with one attached hydrogen (secondary N) is 1. The minimum atomic E-state index is -0.131. The Balaban J connectivity index is 2.34. The lowest BCUT2D eigenvalue weighted by Crippen LogP contribution is -2.10. The lowest BCUT2D eigenvalue weighted by Gasteiger charge is -2.05. The van der Waals surface area contributed by atoms with Crippen molar-refractivity contribution in [3.05, 3.63) is 29.8 Å². The molecule has 0 saturated carbocycles. The second-order valence-corrected chi connectivity index (χ2v) is 4.00. The Morgan fingerprint density at radius 2 is 2.20 bits per heavy atom. The van der Waals surface area contributed by atoms with E-state index in [4.69, 9.17) is 16.4 Å². The Hall–Kier alpha value is -2.32. The minimum absolute atomic E-state index is 0.0858. The van der Waals surface area contributed by atoms with E-state index < -0.39 is 0 Å². The molecular weight excluding hydrogens is 256 g/mol. The second-order valence-electron chi connectivity index (χ2n) is 4.00. The summed E-state index contributed by atoms with van der Waals surface area (Å²) in [6.07, 6.45) is 7.86. The maximum absolute atomic E-state index is 11.5. The fraction of sp³-hybridized carbons (Fsp3) is 0.333. The van der Waals surface area contributed by atoms with Crippen molar-refractivity contribution in [2.75, 3.05) is 18.5 Å². The maximum Gasteiger partial charge on any atom is 0.225 e. The summed E-state index contributed by atoms with van der Waals surface area (Å²) in [7, 11) is 0. The van der Waals surface area contributed by atoms with Gasteiger partial charge in [-0.2, -0.15) is 0 Å². The molecule has 0 saturated heterocycles. The van der Waals surface area contributed by atoms with E-state index in [-0.39, 0.29) is 12.5 Å². The van der Waals surface area contributed by atoms with E-state index in [2.05, 4.69) is 16.4 Å². The van der Waals surface area contributed by atoms with Gasteiger partial charge in [-0.1, -0.05) is 17.3 Å². The SMILES string of the molecule is C#CCCC(=O)Nc1ccc(CCO/N=C\CO)cc1. The smallest absolute Gasteiger partial charge is 0.225 e. The monoisotopic (exact) mass is 274 g/mol. The van der Waals surface area contributed by atoms with Gasteiger partial charge in [0, 0.05) is 24.9 Å². The van der Waals surface area contributed by atoms with Crippen molar-refractivity contribution in [1.29, 1.82) is 0 Å². The van der Waals surface area contributed by atoms with E-state index >= 15 is 0 Å². The highest BCUT2D eigenvalue weighted by Gasteiger charge is 2.01. The zero-order chi connectivity index (χ0) is 14.6. The van der Waals surface area contributed by atoms with Gasteiger partial charge in [0.15, 0.2) is 0 Å². The molecule has 106 valence electrons. The molecule has 1 aromatic carbocycles. The number of aliphatic hydroxyl groups excluding tert-OH is 1. The van der Waals surface area contributed by atoms with E-state index in [1.165, 1.54) is 6.21 Å². The van der Waals surface area contributed by atoms with Crippen molar-refractivity contribution in [3.8, 4) is 12.3 Å². The summed E-state index contributed by atoms with van der Waals surface area (Å²) in [4.78, 5) is 16.4. The quantitative estimate of drug-likeness (QED) is 0.327. The molecule has 0 bridgehead atoms. The van der Waals surface area contributed by atoms with Gasteiger partial charge in [0.25, 0.3) is 0 Å². The van der Waals surface area contributed by atoms with E-state index in [1.807, 2.05) is 24.3 Å². The first-order valence-electron chi connectivity index (χ1n) is 6.33. The average molecular weight is 274 g/mol. The summed E-state index contributed by atoms with van der Waals surface area (Å²) in [5, 5.41) is 14.8. The van der Waals surface area contributed by atoms with Crippen molar-refractivity contribution >= 4 is 17.8 Å². The minimum Gasteiger partial charge on any atom is -0.396 e. The Bertz CT molecular complexity index is 475. The van der Waals surface area contributed by atoms with Gasteiger partial charge < -0.3 is 15.3 Å². The number of benzene rings is 1. The van der Waals surface area contributed by atoms with Gasteiger partial charge in [0.2, 0.25) is 5.91 Å².